The van der Waals surface area contributed by atoms with Gasteiger partial charge in [0.2, 0.25) is 0 Å². The molecule has 0 aromatic heterocycles. The highest BCUT2D eigenvalue weighted by molar-refractivity contribution is 5.83. The van der Waals surface area contributed by atoms with E-state index in [2.05, 4.69) is 20.8 Å². The standard InChI is InChI=1S/C15H29NO4/c1-5-10(2)11(3)8-9-20-12(4)14(17)7-6-13(16)15(18)19/h10-13H,5-9,16H2,1-4H3,(H,18,19)/t10-,11-,12+,13?/m0/s1. The number of carbonyl (C=O) groups excluding carboxylic acids is 1. The van der Waals surface area contributed by atoms with Crippen LogP contribution in [0.2, 0.25) is 0 Å². The molecule has 0 fully saturated rings. The van der Waals surface area contributed by atoms with Crippen LogP contribution in [-0.4, -0.2) is 35.6 Å². The van der Waals surface area contributed by atoms with Crippen LogP contribution in [0.4, 0.5) is 0 Å². The van der Waals surface area contributed by atoms with Crippen LogP contribution in [0.5, 0.6) is 0 Å². The fourth-order valence-electron chi connectivity index (χ4n) is 1.84. The Labute approximate surface area is 121 Å². The maximum atomic E-state index is 11.8. The lowest BCUT2D eigenvalue weighted by atomic mass is 9.91. The molecule has 0 bridgehead atoms. The summed E-state index contributed by atoms with van der Waals surface area (Å²) in [6.45, 7) is 8.84. The Hall–Kier alpha value is -0.940. The highest BCUT2D eigenvalue weighted by Gasteiger charge is 2.18. The molecule has 0 amide bonds. The van der Waals surface area contributed by atoms with E-state index in [1.807, 2.05) is 0 Å². The van der Waals surface area contributed by atoms with Gasteiger partial charge >= 0.3 is 5.97 Å². The number of hydrogen-bond acceptors (Lipinski definition) is 4. The molecule has 0 saturated carbocycles. The predicted octanol–water partition coefficient (Wildman–Crippen LogP) is 2.23. The van der Waals surface area contributed by atoms with Crippen molar-refractivity contribution < 1.29 is 19.4 Å². The van der Waals surface area contributed by atoms with Crippen LogP contribution in [0, 0.1) is 11.8 Å². The third kappa shape index (κ3) is 7.60. The molecule has 0 aromatic carbocycles. The summed E-state index contributed by atoms with van der Waals surface area (Å²) in [4.78, 5) is 22.3. The minimum Gasteiger partial charge on any atom is -0.480 e. The number of aliphatic carboxylic acids is 1. The molecule has 0 aliphatic heterocycles. The van der Waals surface area contributed by atoms with Gasteiger partial charge in [-0.3, -0.25) is 9.59 Å². The number of hydrogen-bond donors (Lipinski definition) is 2. The summed E-state index contributed by atoms with van der Waals surface area (Å²) in [6, 6.07) is -0.975. The minimum absolute atomic E-state index is 0.0853. The molecule has 0 radical (unpaired) electrons. The zero-order valence-corrected chi connectivity index (χ0v) is 13.1. The molecule has 0 saturated heterocycles. The Bertz CT molecular complexity index is 306. The van der Waals surface area contributed by atoms with E-state index < -0.39 is 18.1 Å². The van der Waals surface area contributed by atoms with Crippen LogP contribution >= 0.6 is 0 Å². The smallest absolute Gasteiger partial charge is 0.320 e. The predicted molar refractivity (Wildman–Crippen MR) is 78.5 cm³/mol. The van der Waals surface area contributed by atoms with Gasteiger partial charge in [-0.2, -0.15) is 0 Å². The molecule has 1 unspecified atom stereocenters. The Morgan fingerprint density at radius 1 is 1.15 bits per heavy atom. The van der Waals surface area contributed by atoms with Crippen molar-refractivity contribution in [3.63, 3.8) is 0 Å². The summed E-state index contributed by atoms with van der Waals surface area (Å²) in [6.07, 6.45) is 1.89. The van der Waals surface area contributed by atoms with Gasteiger partial charge in [0, 0.05) is 13.0 Å². The SMILES string of the molecule is CC[C@H](C)[C@@H](C)CCO[C@H](C)C(=O)CCC(N)C(=O)O. The monoisotopic (exact) mass is 287 g/mol. The quantitative estimate of drug-likeness (QED) is 0.608. The third-order valence-electron chi connectivity index (χ3n) is 4.03. The van der Waals surface area contributed by atoms with Crippen LogP contribution in [0.3, 0.4) is 0 Å². The van der Waals surface area contributed by atoms with Crippen molar-refractivity contribution in [2.45, 2.75) is 65.5 Å². The topological polar surface area (TPSA) is 89.6 Å². The lowest BCUT2D eigenvalue weighted by Crippen LogP contribution is -2.32. The first-order valence-corrected chi connectivity index (χ1v) is 7.42. The van der Waals surface area contributed by atoms with Crippen LogP contribution in [0.25, 0.3) is 0 Å². The summed E-state index contributed by atoms with van der Waals surface area (Å²) in [5, 5.41) is 8.64. The van der Waals surface area contributed by atoms with Crippen LogP contribution in [0.1, 0.15) is 53.4 Å². The van der Waals surface area contributed by atoms with Crippen molar-refractivity contribution in [3.05, 3.63) is 0 Å². The van der Waals surface area contributed by atoms with Crippen molar-refractivity contribution >= 4 is 11.8 Å². The number of carboxylic acids is 1. The van der Waals surface area contributed by atoms with E-state index in [9.17, 15) is 9.59 Å². The molecule has 0 aromatic rings. The second-order valence-electron chi connectivity index (χ2n) is 5.61. The van der Waals surface area contributed by atoms with Crippen LogP contribution < -0.4 is 5.73 Å². The van der Waals surface area contributed by atoms with Gasteiger partial charge in [0.25, 0.3) is 0 Å². The van der Waals surface area contributed by atoms with Gasteiger partial charge in [-0.25, -0.2) is 0 Å². The average Bonchev–Trinajstić information content (AvgIpc) is 2.42. The number of Topliss-reactive ketones (excluding diaryl/α,β-unsaturated/α-hetero) is 1. The molecule has 5 heteroatoms. The molecule has 0 aliphatic carbocycles. The fraction of sp³-hybridized carbons (Fsp3) is 0.867. The first-order valence-electron chi connectivity index (χ1n) is 7.42. The summed E-state index contributed by atoms with van der Waals surface area (Å²) in [5.41, 5.74) is 5.36. The third-order valence-corrected chi connectivity index (χ3v) is 4.03. The normalized spacial score (nSPS) is 17.2. The molecule has 20 heavy (non-hydrogen) atoms. The molecule has 3 N–H and O–H groups in total. The minimum atomic E-state index is -1.08. The van der Waals surface area contributed by atoms with Gasteiger partial charge in [0.1, 0.15) is 12.1 Å². The summed E-state index contributed by atoms with van der Waals surface area (Å²) >= 11 is 0. The molecular formula is C15H29NO4. The van der Waals surface area contributed by atoms with Crippen LogP contribution in [-0.2, 0) is 14.3 Å². The lowest BCUT2D eigenvalue weighted by molar-refractivity contribution is -0.139. The number of carbonyl (C=O) groups is 2. The van der Waals surface area contributed by atoms with Crippen molar-refractivity contribution in [2.24, 2.45) is 17.6 Å². The summed E-state index contributed by atoms with van der Waals surface area (Å²) in [5.74, 6) is 0.0625. The Kier molecular flexibility index (Phi) is 9.42. The van der Waals surface area contributed by atoms with Crippen molar-refractivity contribution in [1.82, 2.24) is 0 Å². The van der Waals surface area contributed by atoms with E-state index in [-0.39, 0.29) is 18.6 Å². The molecule has 0 spiro atoms. The van der Waals surface area contributed by atoms with E-state index in [4.69, 9.17) is 15.6 Å². The van der Waals surface area contributed by atoms with Gasteiger partial charge in [0.05, 0.1) is 0 Å². The largest absolute Gasteiger partial charge is 0.480 e. The highest BCUT2D eigenvalue weighted by atomic mass is 16.5. The molecular weight excluding hydrogens is 258 g/mol. The Morgan fingerprint density at radius 3 is 2.25 bits per heavy atom. The molecule has 4 atom stereocenters. The fourth-order valence-corrected chi connectivity index (χ4v) is 1.84. The van der Waals surface area contributed by atoms with E-state index in [0.717, 1.165) is 12.8 Å². The lowest BCUT2D eigenvalue weighted by Gasteiger charge is -2.19. The zero-order valence-electron chi connectivity index (χ0n) is 13.1. The van der Waals surface area contributed by atoms with Gasteiger partial charge in [-0.15, -0.1) is 0 Å². The highest BCUT2D eigenvalue weighted by Crippen LogP contribution is 2.18. The maximum Gasteiger partial charge on any atom is 0.320 e. The molecule has 0 heterocycles. The van der Waals surface area contributed by atoms with Gasteiger partial charge < -0.3 is 15.6 Å². The first-order chi connectivity index (χ1) is 9.29. The number of rotatable bonds is 11. The summed E-state index contributed by atoms with van der Waals surface area (Å²) < 4.78 is 5.52. The van der Waals surface area contributed by atoms with Crippen molar-refractivity contribution in [2.75, 3.05) is 6.61 Å². The molecule has 0 rings (SSSR count). The van der Waals surface area contributed by atoms with Crippen molar-refractivity contribution in [1.29, 1.82) is 0 Å². The number of nitrogens with two attached hydrogens (primary N) is 1. The van der Waals surface area contributed by atoms with E-state index >= 15 is 0 Å². The molecule has 5 nitrogen and oxygen atoms in total. The summed E-state index contributed by atoms with van der Waals surface area (Å²) in [7, 11) is 0. The second-order valence-corrected chi connectivity index (χ2v) is 5.61. The second kappa shape index (κ2) is 9.88. The molecule has 118 valence electrons. The first kappa shape index (κ1) is 19.1. The van der Waals surface area contributed by atoms with Gasteiger partial charge in [-0.1, -0.05) is 27.2 Å². The van der Waals surface area contributed by atoms with E-state index in [1.54, 1.807) is 6.92 Å². The maximum absolute atomic E-state index is 11.8. The number of ether oxygens (including phenoxy) is 1. The van der Waals surface area contributed by atoms with Crippen LogP contribution in [0.15, 0.2) is 0 Å². The van der Waals surface area contributed by atoms with Crippen molar-refractivity contribution in [3.8, 4) is 0 Å². The van der Waals surface area contributed by atoms with Gasteiger partial charge in [0.15, 0.2) is 5.78 Å². The van der Waals surface area contributed by atoms with E-state index in [0.29, 0.717) is 18.4 Å². The number of carboxylic acid groups (broad SMARTS) is 1. The van der Waals surface area contributed by atoms with E-state index in [1.165, 1.54) is 0 Å². The zero-order chi connectivity index (χ0) is 15.7. The number of ketones is 1. The average molecular weight is 287 g/mol. The Balaban J connectivity index is 3.88. The Morgan fingerprint density at radius 2 is 1.75 bits per heavy atom. The molecule has 0 aliphatic rings. The van der Waals surface area contributed by atoms with Gasteiger partial charge in [-0.05, 0) is 31.6 Å².